The number of hydrogen-bond acceptors (Lipinski definition) is 4. The van der Waals surface area contributed by atoms with Gasteiger partial charge in [0.15, 0.2) is 0 Å². The van der Waals surface area contributed by atoms with Crippen molar-refractivity contribution in [1.82, 2.24) is 15.7 Å². The van der Waals surface area contributed by atoms with Crippen LogP contribution in [0.1, 0.15) is 6.92 Å². The number of allylic oxidation sites excluding steroid dienone is 1. The van der Waals surface area contributed by atoms with Crippen molar-refractivity contribution in [3.05, 3.63) is 24.1 Å². The van der Waals surface area contributed by atoms with Crippen molar-refractivity contribution in [3.63, 3.8) is 0 Å². The highest BCUT2D eigenvalue weighted by atomic mass is 16.6. The summed E-state index contributed by atoms with van der Waals surface area (Å²) in [4.78, 5) is 7.01. The summed E-state index contributed by atoms with van der Waals surface area (Å²) in [5.41, 5.74) is 2.59. The second-order valence-electron chi connectivity index (χ2n) is 3.23. The van der Waals surface area contributed by atoms with Crippen molar-refractivity contribution in [2.45, 2.75) is 13.0 Å². The van der Waals surface area contributed by atoms with Gasteiger partial charge in [0.25, 0.3) is 0 Å². The summed E-state index contributed by atoms with van der Waals surface area (Å²) in [6.07, 6.45) is 6.90. The van der Waals surface area contributed by atoms with Crippen LogP contribution in [0.15, 0.2) is 24.1 Å². The predicted octanol–water partition coefficient (Wildman–Crippen LogP) is 0.682. The summed E-state index contributed by atoms with van der Waals surface area (Å²) in [7, 11) is 5.59. The Kier molecular flexibility index (Phi) is 7.09. The van der Waals surface area contributed by atoms with E-state index in [0.717, 1.165) is 12.1 Å². The Labute approximate surface area is 91.3 Å². The van der Waals surface area contributed by atoms with E-state index in [1.807, 2.05) is 44.3 Å². The van der Waals surface area contributed by atoms with E-state index in [0.29, 0.717) is 0 Å². The molecule has 0 heterocycles. The van der Waals surface area contributed by atoms with Gasteiger partial charge >= 0.3 is 0 Å². The summed E-state index contributed by atoms with van der Waals surface area (Å²) in [6, 6.07) is -0.0433. The molecule has 1 unspecified atom stereocenters. The largest absolute Gasteiger partial charge is 0.414 e. The number of nitrogens with zero attached hydrogens (tertiary/aromatic N) is 1. The maximum atomic E-state index is 7.00. The second-order valence-corrected chi connectivity index (χ2v) is 3.23. The van der Waals surface area contributed by atoms with Gasteiger partial charge in [-0.25, -0.2) is 0 Å². The van der Waals surface area contributed by atoms with Crippen molar-refractivity contribution in [3.8, 4) is 0 Å². The molecule has 0 aromatic rings. The van der Waals surface area contributed by atoms with E-state index in [-0.39, 0.29) is 6.04 Å². The quantitative estimate of drug-likeness (QED) is 0.251. The van der Waals surface area contributed by atoms with E-state index in [4.69, 9.17) is 10.2 Å². The zero-order valence-electron chi connectivity index (χ0n) is 9.74. The monoisotopic (exact) mass is 212 g/mol. The van der Waals surface area contributed by atoms with Gasteiger partial charge in [0.2, 0.25) is 0 Å². The molecule has 0 aliphatic rings. The number of hydrogen-bond donors (Lipinski definition) is 3. The minimum atomic E-state index is -0.0433. The molecule has 3 N–H and O–H groups in total. The lowest BCUT2D eigenvalue weighted by Crippen LogP contribution is -2.24. The van der Waals surface area contributed by atoms with E-state index < -0.39 is 0 Å². The lowest BCUT2D eigenvalue weighted by atomic mass is 10.2. The maximum absolute atomic E-state index is 7.00. The van der Waals surface area contributed by atoms with E-state index in [1.165, 1.54) is 0 Å². The summed E-state index contributed by atoms with van der Waals surface area (Å²) >= 11 is 0. The molecule has 15 heavy (non-hydrogen) atoms. The molecule has 0 aliphatic heterocycles. The number of rotatable bonds is 7. The molecule has 5 nitrogen and oxygen atoms in total. The van der Waals surface area contributed by atoms with Crippen molar-refractivity contribution >= 4 is 6.34 Å². The van der Waals surface area contributed by atoms with Gasteiger partial charge in [-0.1, -0.05) is 0 Å². The van der Waals surface area contributed by atoms with E-state index in [2.05, 4.69) is 10.8 Å². The normalized spacial score (nSPS) is 13.7. The van der Waals surface area contributed by atoms with E-state index in [1.54, 1.807) is 7.05 Å². The molecule has 0 rings (SSSR count). The summed E-state index contributed by atoms with van der Waals surface area (Å²) in [6.45, 7) is 1.85. The average molecular weight is 212 g/mol. The third-order valence-electron chi connectivity index (χ3n) is 1.54. The highest BCUT2D eigenvalue weighted by Gasteiger charge is 1.99. The Balaban J connectivity index is 4.38. The fourth-order valence-corrected chi connectivity index (χ4v) is 0.968. The van der Waals surface area contributed by atoms with E-state index in [9.17, 15) is 0 Å². The van der Waals surface area contributed by atoms with Crippen LogP contribution in [-0.4, -0.2) is 38.4 Å². The Morgan fingerprint density at radius 1 is 1.47 bits per heavy atom. The first-order valence-electron chi connectivity index (χ1n) is 4.72. The highest BCUT2D eigenvalue weighted by molar-refractivity contribution is 5.51. The van der Waals surface area contributed by atoms with Crippen molar-refractivity contribution in [2.24, 2.45) is 0 Å². The fraction of sp³-hybridized carbons (Fsp3) is 0.500. The molecule has 0 saturated heterocycles. The topological polar surface area (TPSA) is 60.4 Å². The lowest BCUT2D eigenvalue weighted by Gasteiger charge is -2.11. The number of nitrogens with one attached hydrogen (secondary N) is 3. The molecule has 0 bridgehead atoms. The molecule has 0 spiro atoms. The molecule has 1 atom stereocenters. The SMILES string of the molecule is CNO/C(C)=C/C(/C=C/N(C)C)NC=N. The van der Waals surface area contributed by atoms with Gasteiger partial charge in [-0.3, -0.25) is 5.41 Å². The third kappa shape index (κ3) is 7.57. The lowest BCUT2D eigenvalue weighted by molar-refractivity contribution is 0.127. The minimum absolute atomic E-state index is 0.0433. The predicted molar refractivity (Wildman–Crippen MR) is 62.4 cm³/mol. The molecular formula is C10H20N4O. The zero-order valence-corrected chi connectivity index (χ0v) is 9.74. The number of hydroxylamine groups is 1. The molecule has 0 saturated carbocycles. The van der Waals surface area contributed by atoms with Crippen LogP contribution in [0.5, 0.6) is 0 Å². The Bertz CT molecular complexity index is 236. The van der Waals surface area contributed by atoms with Gasteiger partial charge in [-0.2, -0.15) is 5.48 Å². The first kappa shape index (κ1) is 13.5. The van der Waals surface area contributed by atoms with Crippen molar-refractivity contribution < 1.29 is 4.84 Å². The molecule has 0 aliphatic carbocycles. The van der Waals surface area contributed by atoms with Crippen LogP contribution in [0.25, 0.3) is 0 Å². The minimum Gasteiger partial charge on any atom is -0.414 e. The van der Waals surface area contributed by atoms with Gasteiger partial charge in [-0.05, 0) is 25.3 Å². The van der Waals surface area contributed by atoms with Gasteiger partial charge in [0.1, 0.15) is 5.76 Å². The molecule has 0 radical (unpaired) electrons. The van der Waals surface area contributed by atoms with Crippen LogP contribution in [0, 0.1) is 5.41 Å². The van der Waals surface area contributed by atoms with Crippen LogP contribution in [0.4, 0.5) is 0 Å². The molecule has 5 heteroatoms. The van der Waals surface area contributed by atoms with Crippen molar-refractivity contribution in [1.29, 1.82) is 5.41 Å². The standard InChI is InChI=1S/C10H20N4O/c1-9(15-12-2)7-10(13-8-11)5-6-14(3)4/h5-8,10,12H,1-4H3,(H2,11,13)/b6-5+,9-7+. The first-order valence-corrected chi connectivity index (χ1v) is 4.72. The molecule has 0 aromatic carbocycles. The van der Waals surface area contributed by atoms with Gasteiger partial charge in [0.05, 0.1) is 12.4 Å². The second kappa shape index (κ2) is 7.87. The molecule has 0 amide bonds. The van der Waals surface area contributed by atoms with E-state index >= 15 is 0 Å². The van der Waals surface area contributed by atoms with Gasteiger partial charge < -0.3 is 15.1 Å². The molecule has 0 fully saturated rings. The van der Waals surface area contributed by atoms with Crippen LogP contribution >= 0.6 is 0 Å². The third-order valence-corrected chi connectivity index (χ3v) is 1.54. The van der Waals surface area contributed by atoms with Crippen LogP contribution in [0.3, 0.4) is 0 Å². The van der Waals surface area contributed by atoms with Gasteiger partial charge in [0, 0.05) is 21.1 Å². The zero-order chi connectivity index (χ0) is 11.7. The fourth-order valence-electron chi connectivity index (χ4n) is 0.968. The first-order chi connectivity index (χ1) is 7.10. The Hall–Kier alpha value is -1.49. The summed E-state index contributed by atoms with van der Waals surface area (Å²) in [5, 5.41) is 9.87. The smallest absolute Gasteiger partial charge is 0.119 e. The summed E-state index contributed by atoms with van der Waals surface area (Å²) in [5.74, 6) is 0.750. The van der Waals surface area contributed by atoms with Crippen LogP contribution in [-0.2, 0) is 4.84 Å². The maximum Gasteiger partial charge on any atom is 0.119 e. The van der Waals surface area contributed by atoms with Crippen LogP contribution < -0.4 is 10.8 Å². The molecule has 0 aromatic heterocycles. The molecular weight excluding hydrogens is 192 g/mol. The van der Waals surface area contributed by atoms with Gasteiger partial charge in [-0.15, -0.1) is 0 Å². The average Bonchev–Trinajstić information content (AvgIpc) is 2.15. The Morgan fingerprint density at radius 2 is 2.13 bits per heavy atom. The Morgan fingerprint density at radius 3 is 2.60 bits per heavy atom. The van der Waals surface area contributed by atoms with Crippen LogP contribution in [0.2, 0.25) is 0 Å². The van der Waals surface area contributed by atoms with Crippen molar-refractivity contribution in [2.75, 3.05) is 21.1 Å². The summed E-state index contributed by atoms with van der Waals surface area (Å²) < 4.78 is 0. The highest BCUT2D eigenvalue weighted by Crippen LogP contribution is 1.98. The molecule has 86 valence electrons.